The van der Waals surface area contributed by atoms with E-state index in [9.17, 15) is 14.4 Å². The number of amides is 3. The Morgan fingerprint density at radius 3 is 2.75 bits per heavy atom. The smallest absolute Gasteiger partial charge is 0.404 e. The van der Waals surface area contributed by atoms with Crippen LogP contribution < -0.4 is 16.8 Å². The molecule has 0 aromatic heterocycles. The Balaban J connectivity index is 2.23. The molecular formula is C18H23N5O5. The van der Waals surface area contributed by atoms with Crippen molar-refractivity contribution in [3.05, 3.63) is 34.9 Å². The summed E-state index contributed by atoms with van der Waals surface area (Å²) in [6.07, 6.45) is 1.23. The minimum atomic E-state index is -1.17. The van der Waals surface area contributed by atoms with Crippen molar-refractivity contribution in [1.82, 2.24) is 10.4 Å². The average Bonchev–Trinajstić information content (AvgIpc) is 2.80. The molecule has 150 valence electrons. The molecule has 0 saturated heterocycles. The van der Waals surface area contributed by atoms with Gasteiger partial charge in [0.25, 0.3) is 5.91 Å². The summed E-state index contributed by atoms with van der Waals surface area (Å²) in [7, 11) is 0. The maximum Gasteiger partial charge on any atom is 0.404 e. The van der Waals surface area contributed by atoms with Gasteiger partial charge in [0.15, 0.2) is 0 Å². The molecule has 0 fully saturated rings. The fourth-order valence-corrected chi connectivity index (χ4v) is 2.58. The highest BCUT2D eigenvalue weighted by atomic mass is 16.7. The molecule has 0 atom stereocenters. The molecule has 1 aromatic rings. The molecule has 0 spiro atoms. The third-order valence-corrected chi connectivity index (χ3v) is 3.83. The van der Waals surface area contributed by atoms with Crippen molar-refractivity contribution in [2.24, 2.45) is 16.5 Å². The molecule has 1 aliphatic heterocycles. The molecule has 1 heterocycles. The maximum atomic E-state index is 12.9. The van der Waals surface area contributed by atoms with Gasteiger partial charge in [-0.3, -0.25) is 14.4 Å². The molecule has 0 aliphatic carbocycles. The summed E-state index contributed by atoms with van der Waals surface area (Å²) < 4.78 is 0. The third kappa shape index (κ3) is 5.55. The molecule has 28 heavy (non-hydrogen) atoms. The quantitative estimate of drug-likeness (QED) is 0.383. The van der Waals surface area contributed by atoms with Gasteiger partial charge in [0.05, 0.1) is 12.3 Å². The molecule has 10 heteroatoms. The monoisotopic (exact) mass is 389 g/mol. The van der Waals surface area contributed by atoms with Crippen molar-refractivity contribution in [2.75, 3.05) is 19.7 Å². The number of nitrogens with two attached hydrogens (primary N) is 2. The molecule has 0 saturated carbocycles. The number of aliphatic imine (C=N–C) groups is 1. The highest BCUT2D eigenvalue weighted by Gasteiger charge is 2.22. The van der Waals surface area contributed by atoms with Crippen LogP contribution in [0.15, 0.2) is 28.8 Å². The number of nitrogens with zero attached hydrogens (tertiary/aromatic N) is 2. The number of fused-ring (bicyclic) bond motifs is 1. The number of benzene rings is 1. The summed E-state index contributed by atoms with van der Waals surface area (Å²) >= 11 is 0. The second kappa shape index (κ2) is 9.51. The van der Waals surface area contributed by atoms with Crippen LogP contribution in [0.2, 0.25) is 0 Å². The van der Waals surface area contributed by atoms with Crippen molar-refractivity contribution >= 4 is 35.5 Å². The summed E-state index contributed by atoms with van der Waals surface area (Å²) in [5.74, 6) is -0.760. The molecule has 0 bridgehead atoms. The van der Waals surface area contributed by atoms with E-state index in [4.69, 9.17) is 21.4 Å². The highest BCUT2D eigenvalue weighted by Crippen LogP contribution is 2.28. The first-order valence-corrected chi connectivity index (χ1v) is 8.70. The lowest BCUT2D eigenvalue weighted by atomic mass is 10.0. The molecule has 2 rings (SSSR count). The van der Waals surface area contributed by atoms with Gasteiger partial charge in [-0.05, 0) is 24.6 Å². The van der Waals surface area contributed by atoms with E-state index in [-0.39, 0.29) is 31.3 Å². The van der Waals surface area contributed by atoms with Crippen molar-refractivity contribution in [1.29, 1.82) is 0 Å². The second-order valence-electron chi connectivity index (χ2n) is 6.06. The lowest BCUT2D eigenvalue weighted by molar-refractivity contribution is -0.181. The Labute approximate surface area is 161 Å². The number of amidine groups is 1. The topological polar surface area (TPSA) is 160 Å². The van der Waals surface area contributed by atoms with Crippen LogP contribution in [0.1, 0.15) is 35.7 Å². The zero-order chi connectivity index (χ0) is 20.7. The maximum absolute atomic E-state index is 12.9. The number of hydrogen-bond acceptors (Lipinski definition) is 6. The Hall–Kier alpha value is -3.40. The van der Waals surface area contributed by atoms with Crippen LogP contribution in [-0.4, -0.2) is 53.6 Å². The SMILES string of the molecule is CCCN(OCCNC(=O)O)C(=O)C1=Cc2ccc(C(N)=O)cc2N=C(N)C1. The first-order valence-electron chi connectivity index (χ1n) is 8.70. The fourth-order valence-electron chi connectivity index (χ4n) is 2.58. The van der Waals surface area contributed by atoms with Crippen molar-refractivity contribution in [3.8, 4) is 0 Å². The van der Waals surface area contributed by atoms with E-state index in [1.807, 2.05) is 6.92 Å². The van der Waals surface area contributed by atoms with Crippen LogP contribution in [0.5, 0.6) is 0 Å². The highest BCUT2D eigenvalue weighted by molar-refractivity contribution is 6.05. The Morgan fingerprint density at radius 1 is 1.36 bits per heavy atom. The largest absolute Gasteiger partial charge is 0.465 e. The van der Waals surface area contributed by atoms with E-state index in [0.717, 1.165) is 0 Å². The van der Waals surface area contributed by atoms with Crippen molar-refractivity contribution < 1.29 is 24.3 Å². The predicted molar refractivity (Wildman–Crippen MR) is 103 cm³/mol. The van der Waals surface area contributed by atoms with E-state index in [0.29, 0.717) is 35.4 Å². The van der Waals surface area contributed by atoms with Gasteiger partial charge < -0.3 is 21.9 Å². The fraction of sp³-hybridized carbons (Fsp3) is 0.333. The summed E-state index contributed by atoms with van der Waals surface area (Å²) in [5, 5.41) is 11.9. The molecule has 3 amide bonds. The zero-order valence-electron chi connectivity index (χ0n) is 15.5. The van der Waals surface area contributed by atoms with Gasteiger partial charge in [-0.15, -0.1) is 0 Å². The molecule has 6 N–H and O–H groups in total. The molecule has 1 aliphatic rings. The molecule has 10 nitrogen and oxygen atoms in total. The summed E-state index contributed by atoms with van der Waals surface area (Å²) in [6, 6.07) is 4.72. The zero-order valence-corrected chi connectivity index (χ0v) is 15.5. The minimum absolute atomic E-state index is 0.00739. The number of rotatable bonds is 8. The average molecular weight is 389 g/mol. The van der Waals surface area contributed by atoms with E-state index in [1.54, 1.807) is 18.2 Å². The normalized spacial score (nSPS) is 12.9. The molecule has 0 unspecified atom stereocenters. The van der Waals surface area contributed by atoms with Gasteiger partial charge in [-0.25, -0.2) is 14.9 Å². The van der Waals surface area contributed by atoms with E-state index >= 15 is 0 Å². The van der Waals surface area contributed by atoms with E-state index in [2.05, 4.69) is 10.3 Å². The van der Waals surface area contributed by atoms with Gasteiger partial charge in [-0.1, -0.05) is 13.0 Å². The number of hydroxylamine groups is 2. The predicted octanol–water partition coefficient (Wildman–Crippen LogP) is 0.999. The van der Waals surface area contributed by atoms with Gasteiger partial charge >= 0.3 is 6.09 Å². The van der Waals surface area contributed by atoms with Crippen molar-refractivity contribution in [3.63, 3.8) is 0 Å². The third-order valence-electron chi connectivity index (χ3n) is 3.83. The van der Waals surface area contributed by atoms with E-state index in [1.165, 1.54) is 11.1 Å². The van der Waals surface area contributed by atoms with Gasteiger partial charge in [0.2, 0.25) is 5.91 Å². The summed E-state index contributed by atoms with van der Waals surface area (Å²) in [4.78, 5) is 44.5. The van der Waals surface area contributed by atoms with Crippen LogP contribution in [0, 0.1) is 0 Å². The van der Waals surface area contributed by atoms with Gasteiger partial charge in [0.1, 0.15) is 5.84 Å². The summed E-state index contributed by atoms with van der Waals surface area (Å²) in [5.41, 5.74) is 13.0. The number of carbonyl (C=O) groups is 3. The lowest BCUT2D eigenvalue weighted by Crippen LogP contribution is -2.36. The number of carbonyl (C=O) groups excluding carboxylic acids is 2. The number of hydrogen-bond donors (Lipinski definition) is 4. The summed E-state index contributed by atoms with van der Waals surface area (Å²) in [6.45, 7) is 2.27. The number of primary amides is 1. The molecule has 1 aromatic carbocycles. The Bertz CT molecular complexity index is 834. The first kappa shape index (κ1) is 20.9. The Morgan fingerprint density at radius 2 is 2.11 bits per heavy atom. The van der Waals surface area contributed by atoms with Crippen molar-refractivity contribution in [2.45, 2.75) is 19.8 Å². The molecular weight excluding hydrogens is 366 g/mol. The van der Waals surface area contributed by atoms with E-state index < -0.39 is 12.0 Å². The molecule has 0 radical (unpaired) electrons. The lowest BCUT2D eigenvalue weighted by Gasteiger charge is -2.22. The number of nitrogens with one attached hydrogen (secondary N) is 1. The first-order chi connectivity index (χ1) is 13.3. The van der Waals surface area contributed by atoms with Crippen LogP contribution in [0.3, 0.4) is 0 Å². The van der Waals surface area contributed by atoms with Gasteiger partial charge in [-0.2, -0.15) is 0 Å². The number of carboxylic acid groups (broad SMARTS) is 1. The minimum Gasteiger partial charge on any atom is -0.465 e. The standard InChI is InChI=1S/C18H23N5O5/c1-2-6-23(28-7-5-21-18(26)27)17(25)13-8-11-3-4-12(16(20)24)9-14(11)22-15(19)10-13/h3-4,8-9,21H,2,5-7,10H2,1H3,(H2,19,22)(H2,20,24)(H,26,27). The van der Waals surface area contributed by atoms with Crippen LogP contribution in [-0.2, 0) is 9.63 Å². The second-order valence-corrected chi connectivity index (χ2v) is 6.06. The Kier molecular flexibility index (Phi) is 7.10. The van der Waals surface area contributed by atoms with Crippen LogP contribution in [0.4, 0.5) is 10.5 Å². The van der Waals surface area contributed by atoms with Crippen LogP contribution >= 0.6 is 0 Å². The van der Waals surface area contributed by atoms with Crippen LogP contribution in [0.25, 0.3) is 6.08 Å². The van der Waals surface area contributed by atoms with Gasteiger partial charge in [0, 0.05) is 36.2 Å².